The molecular formula is C8H15NO. The van der Waals surface area contributed by atoms with Crippen LogP contribution < -0.4 is 5.32 Å². The topological polar surface area (TPSA) is 21.3 Å². The molecule has 1 N–H and O–H groups in total. The normalized spacial score (nSPS) is 28.3. The standard InChI is InChI=1S/C8H15NO/c1-3-7(2)10-8-4-5-9-6-8/h3,7-9H,1,4-6H2,2H3. The lowest BCUT2D eigenvalue weighted by Crippen LogP contribution is -2.20. The first kappa shape index (κ1) is 7.76. The van der Waals surface area contributed by atoms with E-state index in [-0.39, 0.29) is 6.10 Å². The zero-order valence-electron chi connectivity index (χ0n) is 6.47. The number of hydrogen-bond donors (Lipinski definition) is 1. The molecule has 1 aliphatic rings. The van der Waals surface area contributed by atoms with Gasteiger partial charge in [0.25, 0.3) is 0 Å². The fraction of sp³-hybridized carbons (Fsp3) is 0.750. The Balaban J connectivity index is 2.17. The number of nitrogens with one attached hydrogen (secondary N) is 1. The molecule has 1 rings (SSSR count). The Morgan fingerprint density at radius 3 is 3.10 bits per heavy atom. The minimum atomic E-state index is 0.199. The molecule has 1 aliphatic heterocycles. The molecule has 58 valence electrons. The van der Waals surface area contributed by atoms with E-state index in [2.05, 4.69) is 11.9 Å². The second-order valence-electron chi connectivity index (χ2n) is 2.69. The second-order valence-corrected chi connectivity index (χ2v) is 2.69. The van der Waals surface area contributed by atoms with Gasteiger partial charge in [-0.05, 0) is 19.9 Å². The van der Waals surface area contributed by atoms with Gasteiger partial charge >= 0.3 is 0 Å². The van der Waals surface area contributed by atoms with Gasteiger partial charge in [-0.25, -0.2) is 0 Å². The molecule has 2 nitrogen and oxygen atoms in total. The van der Waals surface area contributed by atoms with Gasteiger partial charge in [0.1, 0.15) is 0 Å². The predicted octanol–water partition coefficient (Wildman–Crippen LogP) is 0.939. The van der Waals surface area contributed by atoms with Crippen LogP contribution in [-0.4, -0.2) is 25.3 Å². The summed E-state index contributed by atoms with van der Waals surface area (Å²) in [5.74, 6) is 0. The molecule has 1 fully saturated rings. The Morgan fingerprint density at radius 1 is 1.80 bits per heavy atom. The molecule has 0 amide bonds. The summed E-state index contributed by atoms with van der Waals surface area (Å²) in [4.78, 5) is 0. The van der Waals surface area contributed by atoms with E-state index < -0.39 is 0 Å². The maximum absolute atomic E-state index is 5.58. The highest BCUT2D eigenvalue weighted by Crippen LogP contribution is 2.06. The van der Waals surface area contributed by atoms with Crippen LogP contribution in [0.1, 0.15) is 13.3 Å². The maximum atomic E-state index is 5.58. The smallest absolute Gasteiger partial charge is 0.0729 e. The third-order valence-electron chi connectivity index (χ3n) is 1.75. The van der Waals surface area contributed by atoms with Gasteiger partial charge in [0.2, 0.25) is 0 Å². The zero-order valence-corrected chi connectivity index (χ0v) is 6.47. The minimum Gasteiger partial charge on any atom is -0.370 e. The molecular weight excluding hydrogens is 126 g/mol. The van der Waals surface area contributed by atoms with Crippen molar-refractivity contribution >= 4 is 0 Å². The molecule has 1 heterocycles. The summed E-state index contributed by atoms with van der Waals surface area (Å²) in [6, 6.07) is 0. The highest BCUT2D eigenvalue weighted by molar-refractivity contribution is 4.79. The molecule has 1 saturated heterocycles. The van der Waals surface area contributed by atoms with Gasteiger partial charge in [-0.15, -0.1) is 6.58 Å². The van der Waals surface area contributed by atoms with E-state index in [0.29, 0.717) is 6.10 Å². The molecule has 0 saturated carbocycles. The molecule has 0 aromatic heterocycles. The van der Waals surface area contributed by atoms with Crippen molar-refractivity contribution in [2.45, 2.75) is 25.6 Å². The largest absolute Gasteiger partial charge is 0.370 e. The first-order chi connectivity index (χ1) is 4.83. The highest BCUT2D eigenvalue weighted by Gasteiger charge is 2.15. The summed E-state index contributed by atoms with van der Waals surface area (Å²) in [5, 5.41) is 3.24. The molecule has 0 aromatic rings. The van der Waals surface area contributed by atoms with Crippen LogP contribution in [0, 0.1) is 0 Å². The molecule has 10 heavy (non-hydrogen) atoms. The lowest BCUT2D eigenvalue weighted by Gasteiger charge is -2.13. The van der Waals surface area contributed by atoms with Gasteiger partial charge in [0.15, 0.2) is 0 Å². The van der Waals surface area contributed by atoms with Crippen LogP contribution in [0.4, 0.5) is 0 Å². The summed E-state index contributed by atoms with van der Waals surface area (Å²) in [7, 11) is 0. The Bertz CT molecular complexity index is 108. The second kappa shape index (κ2) is 3.74. The van der Waals surface area contributed by atoms with Crippen molar-refractivity contribution in [2.24, 2.45) is 0 Å². The van der Waals surface area contributed by atoms with Crippen LogP contribution in [0.2, 0.25) is 0 Å². The maximum Gasteiger partial charge on any atom is 0.0729 e. The highest BCUT2D eigenvalue weighted by atomic mass is 16.5. The summed E-state index contributed by atoms with van der Waals surface area (Å²) >= 11 is 0. The van der Waals surface area contributed by atoms with Crippen LogP contribution in [0.15, 0.2) is 12.7 Å². The third-order valence-corrected chi connectivity index (χ3v) is 1.75. The first-order valence-corrected chi connectivity index (χ1v) is 3.81. The summed E-state index contributed by atoms with van der Waals surface area (Å²) < 4.78 is 5.58. The van der Waals surface area contributed by atoms with Gasteiger partial charge in [-0.2, -0.15) is 0 Å². The van der Waals surface area contributed by atoms with Crippen LogP contribution >= 0.6 is 0 Å². The zero-order chi connectivity index (χ0) is 7.40. The van der Waals surface area contributed by atoms with E-state index in [1.54, 1.807) is 0 Å². The molecule has 2 atom stereocenters. The van der Waals surface area contributed by atoms with E-state index in [0.717, 1.165) is 19.5 Å². The van der Waals surface area contributed by atoms with Crippen molar-refractivity contribution in [3.63, 3.8) is 0 Å². The van der Waals surface area contributed by atoms with Gasteiger partial charge in [0, 0.05) is 6.54 Å². The van der Waals surface area contributed by atoms with Gasteiger partial charge in [-0.3, -0.25) is 0 Å². The third kappa shape index (κ3) is 2.12. The molecule has 0 aliphatic carbocycles. The van der Waals surface area contributed by atoms with E-state index in [9.17, 15) is 0 Å². The first-order valence-electron chi connectivity index (χ1n) is 3.81. The van der Waals surface area contributed by atoms with E-state index >= 15 is 0 Å². The van der Waals surface area contributed by atoms with Crippen LogP contribution in [0.25, 0.3) is 0 Å². The van der Waals surface area contributed by atoms with E-state index in [1.807, 2.05) is 13.0 Å². The quantitative estimate of drug-likeness (QED) is 0.591. The van der Waals surface area contributed by atoms with Gasteiger partial charge in [-0.1, -0.05) is 6.08 Å². The summed E-state index contributed by atoms with van der Waals surface area (Å²) in [5.41, 5.74) is 0. The van der Waals surface area contributed by atoms with Crippen molar-refractivity contribution in [2.75, 3.05) is 13.1 Å². The lowest BCUT2D eigenvalue weighted by atomic mass is 10.3. The fourth-order valence-electron chi connectivity index (χ4n) is 1.10. The molecule has 0 spiro atoms. The van der Waals surface area contributed by atoms with Crippen molar-refractivity contribution in [1.82, 2.24) is 5.32 Å². The van der Waals surface area contributed by atoms with Gasteiger partial charge in [0.05, 0.1) is 12.2 Å². The van der Waals surface area contributed by atoms with Crippen LogP contribution in [0.5, 0.6) is 0 Å². The van der Waals surface area contributed by atoms with Crippen molar-refractivity contribution in [1.29, 1.82) is 0 Å². The van der Waals surface area contributed by atoms with Crippen LogP contribution in [-0.2, 0) is 4.74 Å². The lowest BCUT2D eigenvalue weighted by molar-refractivity contribution is 0.0357. The molecule has 0 bridgehead atoms. The Kier molecular flexibility index (Phi) is 2.90. The fourth-order valence-corrected chi connectivity index (χ4v) is 1.10. The van der Waals surface area contributed by atoms with Crippen molar-refractivity contribution < 1.29 is 4.74 Å². The predicted molar refractivity (Wildman–Crippen MR) is 42.0 cm³/mol. The van der Waals surface area contributed by atoms with Crippen LogP contribution in [0.3, 0.4) is 0 Å². The SMILES string of the molecule is C=CC(C)OC1CCNC1. The molecule has 2 unspecified atom stereocenters. The number of rotatable bonds is 3. The summed E-state index contributed by atoms with van der Waals surface area (Å²) in [6.45, 7) is 7.77. The van der Waals surface area contributed by atoms with E-state index in [4.69, 9.17) is 4.74 Å². The Morgan fingerprint density at radius 2 is 2.60 bits per heavy atom. The number of ether oxygens (including phenoxy) is 1. The average Bonchev–Trinajstić information content (AvgIpc) is 2.40. The van der Waals surface area contributed by atoms with Gasteiger partial charge < -0.3 is 10.1 Å². The Labute approximate surface area is 62.3 Å². The number of hydrogen-bond acceptors (Lipinski definition) is 2. The molecule has 0 radical (unpaired) electrons. The summed E-state index contributed by atoms with van der Waals surface area (Å²) in [6.07, 6.45) is 3.58. The average molecular weight is 141 g/mol. The van der Waals surface area contributed by atoms with Crippen molar-refractivity contribution in [3.05, 3.63) is 12.7 Å². The minimum absolute atomic E-state index is 0.199. The molecule has 2 heteroatoms. The van der Waals surface area contributed by atoms with E-state index in [1.165, 1.54) is 0 Å². The van der Waals surface area contributed by atoms with Crippen molar-refractivity contribution in [3.8, 4) is 0 Å². The molecule has 0 aromatic carbocycles. The monoisotopic (exact) mass is 141 g/mol. The Hall–Kier alpha value is -0.340.